The first kappa shape index (κ1) is 15.2. The summed E-state index contributed by atoms with van der Waals surface area (Å²) in [6.45, 7) is 5.74. The fourth-order valence-electron chi connectivity index (χ4n) is 2.47. The van der Waals surface area contributed by atoms with Crippen LogP contribution in [0.4, 0.5) is 0 Å². The summed E-state index contributed by atoms with van der Waals surface area (Å²) in [5.41, 5.74) is 0.891. The largest absolute Gasteiger partial charge is 0.363 e. The Bertz CT molecular complexity index is 659. The van der Waals surface area contributed by atoms with Gasteiger partial charge < -0.3 is 15.1 Å². The van der Waals surface area contributed by atoms with Crippen LogP contribution in [0.3, 0.4) is 0 Å². The molecule has 1 aliphatic rings. The number of rotatable bonds is 2. The first-order valence-corrected chi connectivity index (χ1v) is 8.59. The summed E-state index contributed by atoms with van der Waals surface area (Å²) in [4.78, 5) is 21.0. The SMILES string of the molecule is CCNC(=S)N1CCN(C(=O)c2nc3ccccc3s2)CC1. The number of thiocarbonyl (C=S) groups is 1. The standard InChI is InChI=1S/C15H18N4OS2/c1-2-16-15(21)19-9-7-18(8-10-19)14(20)13-17-11-5-3-4-6-12(11)22-13/h3-6H,2,7-10H2,1H3,(H,16,21). The molecule has 2 heterocycles. The Morgan fingerprint density at radius 2 is 1.95 bits per heavy atom. The minimum absolute atomic E-state index is 0.0234. The highest BCUT2D eigenvalue weighted by molar-refractivity contribution is 7.80. The van der Waals surface area contributed by atoms with E-state index in [4.69, 9.17) is 12.2 Å². The average Bonchev–Trinajstić information content (AvgIpc) is 2.98. The van der Waals surface area contributed by atoms with E-state index in [1.54, 1.807) is 0 Å². The molecule has 2 aromatic rings. The Kier molecular flexibility index (Phi) is 4.54. The van der Waals surface area contributed by atoms with Gasteiger partial charge in [-0.1, -0.05) is 12.1 Å². The van der Waals surface area contributed by atoms with Gasteiger partial charge in [-0.3, -0.25) is 4.79 Å². The predicted octanol–water partition coefficient (Wildman–Crippen LogP) is 1.95. The van der Waals surface area contributed by atoms with Crippen LogP contribution in [0.2, 0.25) is 0 Å². The Morgan fingerprint density at radius 3 is 2.64 bits per heavy atom. The molecule has 1 N–H and O–H groups in total. The normalized spacial score (nSPS) is 15.1. The molecule has 1 aromatic heterocycles. The molecule has 0 spiro atoms. The van der Waals surface area contributed by atoms with Gasteiger partial charge in [0.2, 0.25) is 0 Å². The number of benzene rings is 1. The van der Waals surface area contributed by atoms with E-state index < -0.39 is 0 Å². The summed E-state index contributed by atoms with van der Waals surface area (Å²) in [6.07, 6.45) is 0. The number of aromatic nitrogens is 1. The third-order valence-corrected chi connectivity index (χ3v) is 5.09. The van der Waals surface area contributed by atoms with Gasteiger partial charge in [0.1, 0.15) is 0 Å². The van der Waals surface area contributed by atoms with Crippen molar-refractivity contribution in [3.8, 4) is 0 Å². The minimum Gasteiger partial charge on any atom is -0.363 e. The predicted molar refractivity (Wildman–Crippen MR) is 93.4 cm³/mol. The number of amides is 1. The molecule has 7 heteroatoms. The minimum atomic E-state index is 0.0234. The van der Waals surface area contributed by atoms with Crippen molar-refractivity contribution in [1.82, 2.24) is 20.1 Å². The first-order valence-electron chi connectivity index (χ1n) is 7.36. The lowest BCUT2D eigenvalue weighted by Gasteiger charge is -2.35. The summed E-state index contributed by atoms with van der Waals surface area (Å²) in [5.74, 6) is 0.0234. The number of carbonyl (C=O) groups is 1. The van der Waals surface area contributed by atoms with Crippen LogP contribution in [-0.4, -0.2) is 58.5 Å². The lowest BCUT2D eigenvalue weighted by atomic mass is 10.3. The van der Waals surface area contributed by atoms with Crippen LogP contribution in [0.5, 0.6) is 0 Å². The quantitative estimate of drug-likeness (QED) is 0.851. The van der Waals surface area contributed by atoms with Crippen LogP contribution in [0.1, 0.15) is 16.7 Å². The van der Waals surface area contributed by atoms with E-state index in [2.05, 4.69) is 15.2 Å². The molecule has 1 amide bonds. The highest BCUT2D eigenvalue weighted by Crippen LogP contribution is 2.23. The van der Waals surface area contributed by atoms with Gasteiger partial charge in [0.25, 0.3) is 5.91 Å². The average molecular weight is 334 g/mol. The number of nitrogens with one attached hydrogen (secondary N) is 1. The molecule has 116 valence electrons. The zero-order valence-corrected chi connectivity index (χ0v) is 14.0. The molecule has 0 atom stereocenters. The smallest absolute Gasteiger partial charge is 0.282 e. The molecule has 22 heavy (non-hydrogen) atoms. The molecular weight excluding hydrogens is 316 g/mol. The van der Waals surface area contributed by atoms with Crippen molar-refractivity contribution in [3.63, 3.8) is 0 Å². The van der Waals surface area contributed by atoms with Crippen molar-refractivity contribution in [2.75, 3.05) is 32.7 Å². The second kappa shape index (κ2) is 6.58. The number of hydrogen-bond acceptors (Lipinski definition) is 4. The van der Waals surface area contributed by atoms with E-state index >= 15 is 0 Å². The molecule has 0 saturated carbocycles. The van der Waals surface area contributed by atoms with Gasteiger partial charge in [-0.15, -0.1) is 11.3 Å². The number of piperazine rings is 1. The second-order valence-corrected chi connectivity index (χ2v) is 6.52. The zero-order chi connectivity index (χ0) is 15.5. The highest BCUT2D eigenvalue weighted by Gasteiger charge is 2.25. The van der Waals surface area contributed by atoms with E-state index in [1.807, 2.05) is 36.1 Å². The molecule has 0 unspecified atom stereocenters. The van der Waals surface area contributed by atoms with Crippen LogP contribution in [-0.2, 0) is 0 Å². The molecule has 1 aromatic carbocycles. The van der Waals surface area contributed by atoms with E-state index in [0.717, 1.165) is 35.0 Å². The van der Waals surface area contributed by atoms with Gasteiger partial charge in [-0.25, -0.2) is 4.98 Å². The van der Waals surface area contributed by atoms with Crippen molar-refractivity contribution < 1.29 is 4.79 Å². The number of carbonyl (C=O) groups excluding carboxylic acids is 1. The van der Waals surface area contributed by atoms with Gasteiger partial charge >= 0.3 is 0 Å². The van der Waals surface area contributed by atoms with Crippen LogP contribution in [0.25, 0.3) is 10.2 Å². The second-order valence-electron chi connectivity index (χ2n) is 5.10. The molecule has 3 rings (SSSR count). The summed E-state index contributed by atoms with van der Waals surface area (Å²) >= 11 is 6.78. The van der Waals surface area contributed by atoms with Gasteiger partial charge in [0.05, 0.1) is 10.2 Å². The van der Waals surface area contributed by atoms with Crippen LogP contribution in [0.15, 0.2) is 24.3 Å². The van der Waals surface area contributed by atoms with Crippen molar-refractivity contribution in [2.45, 2.75) is 6.92 Å². The van der Waals surface area contributed by atoms with Gasteiger partial charge in [0.15, 0.2) is 10.1 Å². The van der Waals surface area contributed by atoms with Gasteiger partial charge in [-0.05, 0) is 31.3 Å². The molecule has 5 nitrogen and oxygen atoms in total. The summed E-state index contributed by atoms with van der Waals surface area (Å²) in [6, 6.07) is 7.85. The number of thiazole rings is 1. The van der Waals surface area contributed by atoms with Crippen LogP contribution >= 0.6 is 23.6 Å². The Labute approximate surface area is 138 Å². The van der Waals surface area contributed by atoms with E-state index in [-0.39, 0.29) is 5.91 Å². The van der Waals surface area contributed by atoms with Crippen molar-refractivity contribution >= 4 is 44.8 Å². The molecule has 0 bridgehead atoms. The van der Waals surface area contributed by atoms with Crippen molar-refractivity contribution in [2.24, 2.45) is 0 Å². The van der Waals surface area contributed by atoms with E-state index in [0.29, 0.717) is 18.1 Å². The monoisotopic (exact) mass is 334 g/mol. The lowest BCUT2D eigenvalue weighted by molar-refractivity contribution is 0.0691. The Morgan fingerprint density at radius 1 is 1.27 bits per heavy atom. The maximum Gasteiger partial charge on any atom is 0.282 e. The molecule has 0 radical (unpaired) electrons. The Hall–Kier alpha value is -1.73. The van der Waals surface area contributed by atoms with Crippen LogP contribution in [0, 0.1) is 0 Å². The van der Waals surface area contributed by atoms with Gasteiger partial charge in [0, 0.05) is 32.7 Å². The maximum absolute atomic E-state index is 12.6. The fourth-order valence-corrected chi connectivity index (χ4v) is 3.74. The summed E-state index contributed by atoms with van der Waals surface area (Å²) in [7, 11) is 0. The van der Waals surface area contributed by atoms with Crippen molar-refractivity contribution in [1.29, 1.82) is 0 Å². The number of nitrogens with zero attached hydrogens (tertiary/aromatic N) is 3. The van der Waals surface area contributed by atoms with Gasteiger partial charge in [-0.2, -0.15) is 0 Å². The summed E-state index contributed by atoms with van der Waals surface area (Å²) < 4.78 is 1.05. The number of para-hydroxylation sites is 1. The van der Waals surface area contributed by atoms with E-state index in [1.165, 1.54) is 11.3 Å². The topological polar surface area (TPSA) is 48.5 Å². The van der Waals surface area contributed by atoms with E-state index in [9.17, 15) is 4.79 Å². The first-order chi connectivity index (χ1) is 10.7. The number of fused-ring (bicyclic) bond motifs is 1. The summed E-state index contributed by atoms with van der Waals surface area (Å²) in [5, 5.41) is 4.50. The maximum atomic E-state index is 12.6. The molecule has 0 aliphatic carbocycles. The zero-order valence-electron chi connectivity index (χ0n) is 12.4. The lowest BCUT2D eigenvalue weighted by Crippen LogP contribution is -2.53. The molecule has 1 aliphatic heterocycles. The molecule has 1 fully saturated rings. The third-order valence-electron chi connectivity index (χ3n) is 3.66. The molecule has 1 saturated heterocycles. The van der Waals surface area contributed by atoms with Crippen LogP contribution < -0.4 is 5.32 Å². The number of hydrogen-bond donors (Lipinski definition) is 1. The molecular formula is C15H18N4OS2. The fraction of sp³-hybridized carbons (Fsp3) is 0.400. The Balaban J connectivity index is 1.65. The van der Waals surface area contributed by atoms with Crippen molar-refractivity contribution in [3.05, 3.63) is 29.3 Å². The third kappa shape index (κ3) is 3.05. The highest BCUT2D eigenvalue weighted by atomic mass is 32.1.